The van der Waals surface area contributed by atoms with Crippen LogP contribution in [0.5, 0.6) is 0 Å². The van der Waals surface area contributed by atoms with Crippen molar-refractivity contribution in [3.8, 4) is 28.6 Å². The van der Waals surface area contributed by atoms with Crippen LogP contribution in [-0.4, -0.2) is 38.7 Å². The number of aliphatic imine (C=N–C) groups is 1. The van der Waals surface area contributed by atoms with Gasteiger partial charge >= 0.3 is 5.97 Å². The normalized spacial score (nSPS) is 11.2. The number of hydrogen-bond donors (Lipinski definition) is 1. The Bertz CT molecular complexity index is 1530. The minimum Gasteiger partial charge on any atom is -0.463 e. The van der Waals surface area contributed by atoms with Crippen LogP contribution in [0.15, 0.2) is 71.9 Å². The minimum absolute atomic E-state index is 0.268. The molecule has 0 radical (unpaired) electrons. The van der Waals surface area contributed by atoms with Gasteiger partial charge in [0.25, 0.3) is 0 Å². The number of ether oxygens (including phenoxy) is 1. The fraction of sp³-hybridized carbons (Fsp3) is 0.143. The average molecular weight is 492 g/mol. The number of nitriles is 1. The number of aryl methyl sites for hydroxylation is 1. The van der Waals surface area contributed by atoms with E-state index in [1.54, 1.807) is 29.8 Å². The van der Waals surface area contributed by atoms with E-state index in [4.69, 9.17) is 15.6 Å². The summed E-state index contributed by atoms with van der Waals surface area (Å²) in [5.74, 6) is -0.0812. The third-order valence-corrected chi connectivity index (χ3v) is 5.36. The number of hydrogen-bond acceptors (Lipinski definition) is 7. The summed E-state index contributed by atoms with van der Waals surface area (Å²) in [6.45, 7) is 4.38. The molecule has 0 aliphatic rings. The highest BCUT2D eigenvalue weighted by molar-refractivity contribution is 5.90. The van der Waals surface area contributed by atoms with Gasteiger partial charge < -0.3 is 10.5 Å². The number of rotatable bonds is 8. The van der Waals surface area contributed by atoms with E-state index < -0.39 is 5.97 Å². The second-order valence-corrected chi connectivity index (χ2v) is 8.03. The number of carbonyl (C=O) groups excluding carboxylic acids is 1. The van der Waals surface area contributed by atoms with Crippen molar-refractivity contribution in [3.63, 3.8) is 0 Å². The molecule has 0 atom stereocenters. The first kappa shape index (κ1) is 25.0. The van der Waals surface area contributed by atoms with Gasteiger partial charge in [-0.15, -0.1) is 0 Å². The molecule has 0 saturated carbocycles. The van der Waals surface area contributed by atoms with Crippen LogP contribution in [-0.2, 0) is 16.1 Å². The molecule has 9 nitrogen and oxygen atoms in total. The molecular weight excluding hydrogens is 466 g/mol. The zero-order valence-corrected chi connectivity index (χ0v) is 20.5. The Hall–Kier alpha value is -5.10. The van der Waals surface area contributed by atoms with E-state index in [1.807, 2.05) is 55.6 Å². The maximum Gasteiger partial charge on any atom is 0.330 e. The first-order chi connectivity index (χ1) is 18.0. The van der Waals surface area contributed by atoms with Crippen LogP contribution in [0.1, 0.15) is 29.4 Å². The number of nitrogens with two attached hydrogens (primary N) is 1. The van der Waals surface area contributed by atoms with Gasteiger partial charge in [-0.05, 0) is 61.9 Å². The molecule has 0 saturated heterocycles. The zero-order chi connectivity index (χ0) is 26.2. The topological polar surface area (TPSA) is 132 Å². The van der Waals surface area contributed by atoms with Crippen LogP contribution in [0.2, 0.25) is 0 Å². The highest BCUT2D eigenvalue weighted by atomic mass is 16.5. The monoisotopic (exact) mass is 491 g/mol. The van der Waals surface area contributed by atoms with Gasteiger partial charge in [0.2, 0.25) is 0 Å². The Morgan fingerprint density at radius 1 is 1.16 bits per heavy atom. The van der Waals surface area contributed by atoms with Crippen LogP contribution in [0.3, 0.4) is 0 Å². The Morgan fingerprint density at radius 2 is 2.00 bits per heavy atom. The lowest BCUT2D eigenvalue weighted by Crippen LogP contribution is -2.01. The fourth-order valence-corrected chi connectivity index (χ4v) is 3.79. The number of aromatic nitrogens is 4. The van der Waals surface area contributed by atoms with E-state index in [2.05, 4.69) is 21.0 Å². The van der Waals surface area contributed by atoms with Gasteiger partial charge in [0, 0.05) is 29.1 Å². The molecule has 4 rings (SSSR count). The molecule has 2 N–H and O–H groups in total. The second kappa shape index (κ2) is 11.6. The number of esters is 1. The van der Waals surface area contributed by atoms with E-state index >= 15 is 0 Å². The Kier molecular flexibility index (Phi) is 7.81. The van der Waals surface area contributed by atoms with Gasteiger partial charge in [-0.25, -0.2) is 14.8 Å². The molecule has 0 aliphatic heterocycles. The van der Waals surface area contributed by atoms with E-state index in [0.717, 1.165) is 28.7 Å². The van der Waals surface area contributed by atoms with Crippen molar-refractivity contribution in [1.82, 2.24) is 19.7 Å². The van der Waals surface area contributed by atoms with Crippen LogP contribution in [0.25, 0.3) is 28.6 Å². The lowest BCUT2D eigenvalue weighted by atomic mass is 10.0. The van der Waals surface area contributed by atoms with Gasteiger partial charge in [0.1, 0.15) is 5.69 Å². The number of nitrogens with zero attached hydrogens (tertiary/aromatic N) is 6. The summed E-state index contributed by atoms with van der Waals surface area (Å²) >= 11 is 0. The lowest BCUT2D eigenvalue weighted by molar-refractivity contribution is -0.137. The van der Waals surface area contributed by atoms with E-state index in [-0.39, 0.29) is 6.61 Å². The van der Waals surface area contributed by atoms with Gasteiger partial charge in [0.15, 0.2) is 5.82 Å². The van der Waals surface area contributed by atoms with Crippen LogP contribution in [0.4, 0.5) is 5.82 Å². The molecule has 1 aromatic carbocycles. The first-order valence-electron chi connectivity index (χ1n) is 11.6. The van der Waals surface area contributed by atoms with Crippen molar-refractivity contribution in [3.05, 3.63) is 89.4 Å². The van der Waals surface area contributed by atoms with Gasteiger partial charge in [-0.3, -0.25) is 9.67 Å². The molecule has 184 valence electrons. The molecule has 9 heteroatoms. The number of pyridine rings is 2. The Labute approximate surface area is 214 Å². The summed E-state index contributed by atoms with van der Waals surface area (Å²) in [4.78, 5) is 25.3. The summed E-state index contributed by atoms with van der Waals surface area (Å²) < 4.78 is 6.83. The second-order valence-electron chi connectivity index (χ2n) is 8.03. The Morgan fingerprint density at radius 3 is 2.76 bits per heavy atom. The van der Waals surface area contributed by atoms with Crippen molar-refractivity contribution in [2.45, 2.75) is 20.4 Å². The molecule has 0 bridgehead atoms. The maximum absolute atomic E-state index is 12.0. The third kappa shape index (κ3) is 6.13. The smallest absolute Gasteiger partial charge is 0.330 e. The number of benzene rings is 1. The predicted molar refractivity (Wildman–Crippen MR) is 142 cm³/mol. The maximum atomic E-state index is 12.0. The fourth-order valence-electron chi connectivity index (χ4n) is 3.79. The molecule has 37 heavy (non-hydrogen) atoms. The van der Waals surface area contributed by atoms with Crippen LogP contribution in [0, 0.1) is 18.3 Å². The molecule has 0 fully saturated rings. The first-order valence-corrected chi connectivity index (χ1v) is 11.6. The molecule has 3 heterocycles. The predicted octanol–water partition coefficient (Wildman–Crippen LogP) is 4.43. The summed E-state index contributed by atoms with van der Waals surface area (Å²) in [6, 6.07) is 18.9. The van der Waals surface area contributed by atoms with Crippen molar-refractivity contribution in [2.24, 2.45) is 10.7 Å². The quantitative estimate of drug-likeness (QED) is 0.167. The average Bonchev–Trinajstić information content (AvgIpc) is 3.31. The van der Waals surface area contributed by atoms with Crippen LogP contribution >= 0.6 is 0 Å². The highest BCUT2D eigenvalue weighted by Gasteiger charge is 2.18. The molecule has 4 aromatic rings. The standard InChI is InChI=1S/C28H25N7O2/c1-3-37-27(36)13-11-24-22(10-12-26(33-24)31-18-30)23-17-35(16-21-8-5-7-20(14-21)15-29)34-28(23)25-9-4-6-19(2)32-25/h4-14,17-18H,3,16H2,1-2H3,(H2,30,31,33)/b13-11+. The highest BCUT2D eigenvalue weighted by Crippen LogP contribution is 2.34. The van der Waals surface area contributed by atoms with Crippen molar-refractivity contribution < 1.29 is 9.53 Å². The molecule has 0 spiro atoms. The van der Waals surface area contributed by atoms with Gasteiger partial charge in [-0.2, -0.15) is 10.4 Å². The van der Waals surface area contributed by atoms with E-state index in [9.17, 15) is 10.1 Å². The van der Waals surface area contributed by atoms with Crippen molar-refractivity contribution >= 4 is 24.2 Å². The van der Waals surface area contributed by atoms with Crippen LogP contribution < -0.4 is 5.73 Å². The Balaban J connectivity index is 1.86. The summed E-state index contributed by atoms with van der Waals surface area (Å²) in [5, 5.41) is 14.1. The van der Waals surface area contributed by atoms with Gasteiger partial charge in [0.05, 0.1) is 42.5 Å². The number of carbonyl (C=O) groups is 1. The molecular formula is C28H25N7O2. The lowest BCUT2D eigenvalue weighted by Gasteiger charge is -2.07. The summed E-state index contributed by atoms with van der Waals surface area (Å²) in [5.41, 5.74) is 11.2. The molecule has 3 aromatic heterocycles. The van der Waals surface area contributed by atoms with E-state index in [1.165, 1.54) is 6.08 Å². The van der Waals surface area contributed by atoms with E-state index in [0.29, 0.717) is 35.0 Å². The molecule has 0 aliphatic carbocycles. The SMILES string of the molecule is CCOC(=O)/C=C/c1nc(N=CN)ccc1-c1cn(Cc2cccc(C#N)c2)nc1-c1cccc(C)n1. The zero-order valence-electron chi connectivity index (χ0n) is 20.5. The van der Waals surface area contributed by atoms with Crippen molar-refractivity contribution in [2.75, 3.05) is 6.61 Å². The van der Waals surface area contributed by atoms with Crippen molar-refractivity contribution in [1.29, 1.82) is 5.26 Å². The summed E-state index contributed by atoms with van der Waals surface area (Å²) in [6.07, 6.45) is 5.98. The molecule has 0 unspecified atom stereocenters. The van der Waals surface area contributed by atoms with Gasteiger partial charge in [-0.1, -0.05) is 18.2 Å². The third-order valence-electron chi connectivity index (χ3n) is 5.36. The summed E-state index contributed by atoms with van der Waals surface area (Å²) in [7, 11) is 0. The molecule has 0 amide bonds. The largest absolute Gasteiger partial charge is 0.463 e. The minimum atomic E-state index is -0.475.